The van der Waals surface area contributed by atoms with E-state index in [0.29, 0.717) is 19.4 Å². The van der Waals surface area contributed by atoms with Crippen molar-refractivity contribution in [2.24, 2.45) is 10.9 Å². The highest BCUT2D eigenvalue weighted by Gasteiger charge is 2.45. The number of carbonyl (C=O) groups excluding carboxylic acids is 2. The summed E-state index contributed by atoms with van der Waals surface area (Å²) in [5.41, 5.74) is 2.59. The van der Waals surface area contributed by atoms with Crippen LogP contribution in [0.3, 0.4) is 0 Å². The summed E-state index contributed by atoms with van der Waals surface area (Å²) in [5, 5.41) is 17.2. The Hall–Kier alpha value is -2.67. The summed E-state index contributed by atoms with van der Waals surface area (Å²) in [5.74, 6) is -0.104. The number of amides is 1. The van der Waals surface area contributed by atoms with Gasteiger partial charge in [0.15, 0.2) is 17.7 Å². The highest BCUT2D eigenvalue weighted by molar-refractivity contribution is 6.03. The Kier molecular flexibility index (Phi) is 9.01. The Bertz CT molecular complexity index is 872. The van der Waals surface area contributed by atoms with Gasteiger partial charge in [0.1, 0.15) is 5.84 Å². The summed E-state index contributed by atoms with van der Waals surface area (Å²) in [6.45, 7) is 5.35. The predicted octanol–water partition coefficient (Wildman–Crippen LogP) is 3.08. The minimum atomic E-state index is -0.534. The summed E-state index contributed by atoms with van der Waals surface area (Å²) in [4.78, 5) is 32.0. The number of likely N-dealkylation sites (N-methyl/N-ethyl adjacent to an activating group) is 1. The zero-order chi connectivity index (χ0) is 23.9. The van der Waals surface area contributed by atoms with Crippen molar-refractivity contribution in [3.05, 3.63) is 46.8 Å². The van der Waals surface area contributed by atoms with Gasteiger partial charge in [-0.1, -0.05) is 51.0 Å². The molecule has 1 heterocycles. The van der Waals surface area contributed by atoms with E-state index in [0.717, 1.165) is 45.0 Å². The molecule has 2 N–H and O–H groups in total. The van der Waals surface area contributed by atoms with Crippen LogP contribution in [0, 0.1) is 5.92 Å². The molecule has 3 rings (SSSR count). The molecule has 7 nitrogen and oxygen atoms in total. The smallest absolute Gasteiger partial charge is 0.274 e. The number of piperazine rings is 1. The lowest BCUT2D eigenvalue weighted by molar-refractivity contribution is -0.129. The average molecular weight is 444 g/mol. The first-order chi connectivity index (χ1) is 15.4. The van der Waals surface area contributed by atoms with Gasteiger partial charge in [0.2, 0.25) is 0 Å². The number of aldehydes is 1. The van der Waals surface area contributed by atoms with E-state index in [2.05, 4.69) is 43.1 Å². The number of amidine groups is 1. The molecular weight excluding hydrogens is 406 g/mol. The third kappa shape index (κ3) is 4.72. The number of rotatable bonds is 5. The first-order valence-corrected chi connectivity index (χ1v) is 11.3. The summed E-state index contributed by atoms with van der Waals surface area (Å²) >= 11 is 0. The van der Waals surface area contributed by atoms with E-state index in [1.165, 1.54) is 16.0 Å². The molecule has 1 saturated heterocycles. The normalized spacial score (nSPS) is 21.1. The molecule has 1 unspecified atom stereocenters. The van der Waals surface area contributed by atoms with Crippen molar-refractivity contribution in [2.45, 2.75) is 51.4 Å². The SMILES string of the molecule is CCc1cccc(C2(C(C)C(=NC)N3CCN(C)C(=O)/C3=C(\O)C=O)CCCC2)c1.CO. The molecule has 1 aromatic rings. The molecule has 32 heavy (non-hydrogen) atoms. The van der Waals surface area contributed by atoms with Crippen LogP contribution >= 0.6 is 0 Å². The number of aliphatic hydroxyl groups excluding tert-OH is 2. The van der Waals surface area contributed by atoms with Crippen molar-refractivity contribution in [3.63, 3.8) is 0 Å². The Balaban J connectivity index is 0.00000176. The summed E-state index contributed by atoms with van der Waals surface area (Å²) in [6.07, 6.45) is 5.75. The minimum absolute atomic E-state index is 0.0293. The van der Waals surface area contributed by atoms with Gasteiger partial charge < -0.3 is 20.0 Å². The highest BCUT2D eigenvalue weighted by Crippen LogP contribution is 2.48. The lowest BCUT2D eigenvalue weighted by atomic mass is 9.68. The quantitative estimate of drug-likeness (QED) is 0.240. The maximum Gasteiger partial charge on any atom is 0.274 e. The number of carbonyl (C=O) groups is 2. The second kappa shape index (κ2) is 11.3. The third-order valence-electron chi connectivity index (χ3n) is 6.96. The van der Waals surface area contributed by atoms with Crippen LogP contribution in [0.2, 0.25) is 0 Å². The maximum absolute atomic E-state index is 12.8. The third-order valence-corrected chi connectivity index (χ3v) is 6.96. The zero-order valence-corrected chi connectivity index (χ0v) is 20.0. The number of hydrogen-bond acceptors (Lipinski definition) is 5. The van der Waals surface area contributed by atoms with Gasteiger partial charge in [0.05, 0.1) is 0 Å². The number of nitrogens with zero attached hydrogens (tertiary/aromatic N) is 3. The number of aliphatic imine (C=N–C) groups is 1. The van der Waals surface area contributed by atoms with Crippen molar-refractivity contribution < 1.29 is 19.8 Å². The van der Waals surface area contributed by atoms with Crippen LogP contribution < -0.4 is 0 Å². The van der Waals surface area contributed by atoms with Crippen molar-refractivity contribution in [1.29, 1.82) is 0 Å². The fourth-order valence-electron chi connectivity index (χ4n) is 5.17. The zero-order valence-electron chi connectivity index (χ0n) is 20.0. The molecule has 1 aromatic carbocycles. The Morgan fingerprint density at radius 3 is 2.47 bits per heavy atom. The number of hydrogen-bond donors (Lipinski definition) is 2. The van der Waals surface area contributed by atoms with Crippen LogP contribution in [0.5, 0.6) is 0 Å². The van der Waals surface area contributed by atoms with E-state index in [-0.39, 0.29) is 22.9 Å². The van der Waals surface area contributed by atoms with Crippen molar-refractivity contribution in [2.75, 3.05) is 34.3 Å². The molecule has 0 radical (unpaired) electrons. The molecule has 1 amide bonds. The van der Waals surface area contributed by atoms with E-state index in [4.69, 9.17) is 5.11 Å². The van der Waals surface area contributed by atoms with E-state index >= 15 is 0 Å². The van der Waals surface area contributed by atoms with Crippen molar-refractivity contribution in [3.8, 4) is 0 Å². The molecule has 0 bridgehead atoms. The van der Waals surface area contributed by atoms with Crippen LogP contribution in [0.25, 0.3) is 0 Å². The number of aryl methyl sites for hydroxylation is 1. The fourth-order valence-corrected chi connectivity index (χ4v) is 5.17. The molecule has 1 aliphatic carbocycles. The first kappa shape index (κ1) is 25.6. The second-order valence-corrected chi connectivity index (χ2v) is 8.45. The largest absolute Gasteiger partial charge is 0.503 e. The van der Waals surface area contributed by atoms with Crippen LogP contribution in [0.15, 0.2) is 40.7 Å². The van der Waals surface area contributed by atoms with Gasteiger partial charge >= 0.3 is 0 Å². The van der Waals surface area contributed by atoms with E-state index in [1.54, 1.807) is 19.0 Å². The Morgan fingerprint density at radius 1 is 1.25 bits per heavy atom. The van der Waals surface area contributed by atoms with Gasteiger partial charge in [0.25, 0.3) is 5.91 Å². The number of aliphatic hydroxyl groups is 2. The molecular formula is C25H37N3O4. The Labute approximate surface area is 191 Å². The minimum Gasteiger partial charge on any atom is -0.503 e. The monoisotopic (exact) mass is 443 g/mol. The van der Waals surface area contributed by atoms with E-state index in [1.807, 2.05) is 0 Å². The molecule has 1 saturated carbocycles. The van der Waals surface area contributed by atoms with Crippen LogP contribution in [0.4, 0.5) is 0 Å². The fraction of sp³-hybridized carbons (Fsp3) is 0.560. The van der Waals surface area contributed by atoms with Gasteiger partial charge in [-0.25, -0.2) is 0 Å². The van der Waals surface area contributed by atoms with E-state index in [9.17, 15) is 14.7 Å². The predicted molar refractivity (Wildman–Crippen MR) is 127 cm³/mol. The number of benzene rings is 1. The topological polar surface area (TPSA) is 93.4 Å². The number of allylic oxidation sites excluding steroid dienone is 1. The molecule has 2 aliphatic rings. The lowest BCUT2D eigenvalue weighted by Crippen LogP contribution is -2.53. The summed E-state index contributed by atoms with van der Waals surface area (Å²) in [7, 11) is 4.41. The maximum atomic E-state index is 12.8. The highest BCUT2D eigenvalue weighted by atomic mass is 16.3. The van der Waals surface area contributed by atoms with Gasteiger partial charge in [-0.3, -0.25) is 14.6 Å². The molecule has 1 aliphatic heterocycles. The van der Waals surface area contributed by atoms with Crippen LogP contribution in [-0.2, 0) is 21.4 Å². The molecule has 2 fully saturated rings. The lowest BCUT2D eigenvalue weighted by Gasteiger charge is -2.43. The van der Waals surface area contributed by atoms with Crippen LogP contribution in [0.1, 0.15) is 50.7 Å². The molecule has 0 spiro atoms. The summed E-state index contributed by atoms with van der Waals surface area (Å²) in [6, 6.07) is 8.81. The second-order valence-electron chi connectivity index (χ2n) is 8.45. The molecule has 7 heteroatoms. The molecule has 1 atom stereocenters. The van der Waals surface area contributed by atoms with Gasteiger partial charge in [-0.2, -0.15) is 0 Å². The van der Waals surface area contributed by atoms with E-state index < -0.39 is 5.76 Å². The Morgan fingerprint density at radius 2 is 1.91 bits per heavy atom. The van der Waals surface area contributed by atoms with Crippen molar-refractivity contribution in [1.82, 2.24) is 9.80 Å². The average Bonchev–Trinajstić information content (AvgIpc) is 3.34. The summed E-state index contributed by atoms with van der Waals surface area (Å²) < 4.78 is 0. The standard InChI is InChI=1S/C24H33N3O3.CH4O/c1-5-18-9-8-10-19(15-18)24(11-6-7-12-24)17(2)22(25-3)27-14-13-26(4)23(30)21(27)20(29)16-28;1-2/h8-10,15-17,29H,5-7,11-14H2,1-4H3;2H,1H3/b21-20+,25-22?;. The van der Waals surface area contributed by atoms with Crippen LogP contribution in [-0.4, -0.2) is 72.3 Å². The molecule has 176 valence electrons. The molecule has 0 aromatic heterocycles. The van der Waals surface area contributed by atoms with Gasteiger partial charge in [0, 0.05) is 45.6 Å². The van der Waals surface area contributed by atoms with Crippen molar-refractivity contribution >= 4 is 18.0 Å². The van der Waals surface area contributed by atoms with Gasteiger partial charge in [-0.05, 0) is 30.4 Å². The van der Waals surface area contributed by atoms with Gasteiger partial charge in [-0.15, -0.1) is 0 Å². The first-order valence-electron chi connectivity index (χ1n) is 11.3.